The highest BCUT2D eigenvalue weighted by Gasteiger charge is 2.77. The molecule has 0 aromatic heterocycles. The van der Waals surface area contributed by atoms with Crippen molar-refractivity contribution in [2.75, 3.05) is 42.6 Å². The largest absolute Gasteiger partial charge is 0.494 e. The van der Waals surface area contributed by atoms with Gasteiger partial charge >= 0.3 is 0 Å². The average Bonchev–Trinajstić information content (AvgIpc) is 3.56. The molecule has 5 atom stereocenters. The molecule has 2 bridgehead atoms. The van der Waals surface area contributed by atoms with Gasteiger partial charge in [0.25, 0.3) is 5.91 Å². The molecular weight excluding hydrogens is 574 g/mol. The molecule has 3 aliphatic rings. The number of anilines is 2. The molecule has 3 aliphatic heterocycles. The number of benzene rings is 2. The summed E-state index contributed by atoms with van der Waals surface area (Å²) in [5.41, 5.74) is 3.40. The van der Waals surface area contributed by atoms with Crippen LogP contribution < -0.4 is 14.5 Å². The number of nitrogens with zero attached hydrogens (tertiary/aromatic N) is 3. The van der Waals surface area contributed by atoms with Crippen LogP contribution in [0.3, 0.4) is 0 Å². The van der Waals surface area contributed by atoms with E-state index in [1.54, 1.807) is 38.6 Å². The Morgan fingerprint density at radius 3 is 2.27 bits per heavy atom. The van der Waals surface area contributed by atoms with Crippen LogP contribution in [-0.2, 0) is 14.4 Å². The molecule has 3 saturated heterocycles. The van der Waals surface area contributed by atoms with Crippen molar-refractivity contribution in [3.63, 3.8) is 0 Å². The molecule has 2 aromatic carbocycles. The number of carbonyl (C=O) groups is 3. The fraction of sp³-hybridized carbons (Fsp3) is 0.457. The van der Waals surface area contributed by atoms with Gasteiger partial charge < -0.3 is 24.5 Å². The molecule has 1 N–H and O–H groups in total. The topological polar surface area (TPSA) is 90.4 Å². The highest BCUT2D eigenvalue weighted by molar-refractivity contribution is 8.02. The summed E-state index contributed by atoms with van der Waals surface area (Å²) in [6, 6.07) is 12.4. The van der Waals surface area contributed by atoms with E-state index < -0.39 is 27.4 Å². The predicted molar refractivity (Wildman–Crippen MR) is 176 cm³/mol. The normalized spacial score (nSPS) is 26.8. The number of para-hydroxylation sites is 1. The molecule has 44 heavy (non-hydrogen) atoms. The third-order valence-corrected chi connectivity index (χ3v) is 11.4. The van der Waals surface area contributed by atoms with Crippen molar-refractivity contribution >= 4 is 40.9 Å². The minimum absolute atomic E-state index is 0.0234. The minimum atomic E-state index is -0.825. The lowest BCUT2D eigenvalue weighted by atomic mass is 9.66. The lowest BCUT2D eigenvalue weighted by Gasteiger charge is -2.38. The van der Waals surface area contributed by atoms with Crippen LogP contribution in [0.5, 0.6) is 5.75 Å². The van der Waals surface area contributed by atoms with Gasteiger partial charge in [-0.3, -0.25) is 14.4 Å². The van der Waals surface area contributed by atoms with Gasteiger partial charge in [0.05, 0.1) is 29.8 Å². The number of aliphatic hydroxyl groups is 1. The van der Waals surface area contributed by atoms with Gasteiger partial charge in [-0.05, 0) is 75.9 Å². The van der Waals surface area contributed by atoms with Gasteiger partial charge in [0.1, 0.15) is 11.8 Å². The number of likely N-dealkylation sites (tertiary alicyclic amines) is 1. The third-order valence-electron chi connectivity index (χ3n) is 9.44. The van der Waals surface area contributed by atoms with E-state index in [2.05, 4.69) is 20.1 Å². The lowest BCUT2D eigenvalue weighted by Crippen LogP contribution is -2.55. The van der Waals surface area contributed by atoms with Gasteiger partial charge in [-0.1, -0.05) is 30.4 Å². The summed E-state index contributed by atoms with van der Waals surface area (Å²) in [4.78, 5) is 48.8. The number of β-amino-alcohol motifs (C(OH)–C–C–N with tert-alkyl or cyclic N) is 1. The smallest absolute Gasteiger partial charge is 0.251 e. The average molecular weight is 618 g/mol. The van der Waals surface area contributed by atoms with E-state index in [4.69, 9.17) is 4.74 Å². The van der Waals surface area contributed by atoms with Crippen molar-refractivity contribution in [1.29, 1.82) is 0 Å². The fourth-order valence-corrected chi connectivity index (χ4v) is 10.1. The van der Waals surface area contributed by atoms with E-state index in [0.717, 1.165) is 16.8 Å². The number of carbonyl (C=O) groups excluding carboxylic acids is 3. The summed E-state index contributed by atoms with van der Waals surface area (Å²) in [6.07, 6.45) is 4.71. The number of ether oxygens (including phenoxy) is 1. The summed E-state index contributed by atoms with van der Waals surface area (Å²) < 4.78 is 4.27. The van der Waals surface area contributed by atoms with Gasteiger partial charge in [-0.2, -0.15) is 0 Å². The summed E-state index contributed by atoms with van der Waals surface area (Å²) in [5, 5.41) is 10.1. The number of hydrogen-bond donors (Lipinski definition) is 1. The Hall–Kier alpha value is -3.56. The van der Waals surface area contributed by atoms with Crippen LogP contribution in [0, 0.1) is 25.7 Å². The Balaban J connectivity index is 1.57. The van der Waals surface area contributed by atoms with Gasteiger partial charge in [-0.15, -0.1) is 24.9 Å². The van der Waals surface area contributed by atoms with Crippen LogP contribution in [0.25, 0.3) is 0 Å². The molecule has 3 fully saturated rings. The maximum Gasteiger partial charge on any atom is 0.251 e. The number of amides is 3. The third kappa shape index (κ3) is 5.04. The molecule has 3 heterocycles. The molecule has 1 spiro atoms. The fourth-order valence-electron chi connectivity index (χ4n) is 7.74. The Morgan fingerprint density at radius 2 is 1.68 bits per heavy atom. The molecule has 8 nitrogen and oxygen atoms in total. The molecular formula is C35H43N3O5S. The number of aliphatic hydroxyl groups excluding tert-OH is 1. The number of hydrogen-bond acceptors (Lipinski definition) is 6. The molecule has 2 aromatic rings. The minimum Gasteiger partial charge on any atom is -0.494 e. The number of thioether (sulfide) groups is 1. The van der Waals surface area contributed by atoms with Gasteiger partial charge in [-0.25, -0.2) is 0 Å². The van der Waals surface area contributed by atoms with Crippen LogP contribution in [0.2, 0.25) is 0 Å². The zero-order chi connectivity index (χ0) is 31.8. The first-order chi connectivity index (χ1) is 21.1. The van der Waals surface area contributed by atoms with Crippen LogP contribution in [0.1, 0.15) is 37.8 Å². The molecule has 5 rings (SSSR count). The maximum absolute atomic E-state index is 14.8. The van der Waals surface area contributed by atoms with Gasteiger partial charge in [0.2, 0.25) is 11.8 Å². The van der Waals surface area contributed by atoms with E-state index in [-0.39, 0.29) is 44.0 Å². The molecule has 0 radical (unpaired) electrons. The van der Waals surface area contributed by atoms with Crippen molar-refractivity contribution in [1.82, 2.24) is 4.90 Å². The zero-order valence-corrected chi connectivity index (χ0v) is 26.9. The van der Waals surface area contributed by atoms with Crippen molar-refractivity contribution in [3.8, 4) is 5.75 Å². The van der Waals surface area contributed by atoms with Crippen molar-refractivity contribution < 1.29 is 24.2 Å². The molecule has 3 amide bonds. The second-order valence-electron chi connectivity index (χ2n) is 12.1. The Labute approximate surface area is 264 Å². The van der Waals surface area contributed by atoms with E-state index >= 15 is 0 Å². The summed E-state index contributed by atoms with van der Waals surface area (Å²) >= 11 is 1.63. The first-order valence-electron chi connectivity index (χ1n) is 15.3. The monoisotopic (exact) mass is 617 g/mol. The molecule has 0 saturated carbocycles. The van der Waals surface area contributed by atoms with Crippen LogP contribution in [0.4, 0.5) is 11.4 Å². The summed E-state index contributed by atoms with van der Waals surface area (Å²) in [5.74, 6) is -1.23. The Bertz CT molecular complexity index is 1440. The highest BCUT2D eigenvalue weighted by Crippen LogP contribution is 2.71. The van der Waals surface area contributed by atoms with Crippen molar-refractivity contribution in [2.45, 2.75) is 56.1 Å². The quantitative estimate of drug-likeness (QED) is 0.341. The molecule has 9 heteroatoms. The van der Waals surface area contributed by atoms with Gasteiger partial charge in [0, 0.05) is 35.8 Å². The predicted octanol–water partition coefficient (Wildman–Crippen LogP) is 4.91. The maximum atomic E-state index is 14.8. The summed E-state index contributed by atoms with van der Waals surface area (Å²) in [7, 11) is 0. The first kappa shape index (κ1) is 31.9. The number of aryl methyl sites for hydroxylation is 2. The molecule has 0 aliphatic carbocycles. The molecule has 234 valence electrons. The van der Waals surface area contributed by atoms with Crippen LogP contribution in [-0.4, -0.2) is 76.1 Å². The van der Waals surface area contributed by atoms with E-state index in [0.29, 0.717) is 30.9 Å². The second-order valence-corrected chi connectivity index (χ2v) is 14.0. The standard InChI is InChI=1S/C35H43N3O5S/c1-7-19-36(25-13-15-26(16-14-25)43-9-3)31(40)27-28-32(41)38(21-22-39)30(35(28)18-17-34(27,6)44-35)33(42)37(20-8-2)29-23(4)11-10-12-24(29)5/h7-8,10-16,27-28,30,39H,1-2,9,17-22H2,3-6H3/t27-,28-,30?,34+,35?/m0/s1. The van der Waals surface area contributed by atoms with E-state index in [1.807, 2.05) is 63.2 Å². The second kappa shape index (κ2) is 12.4. The first-order valence-corrected chi connectivity index (χ1v) is 16.1. The Kier molecular flexibility index (Phi) is 9.01. The summed E-state index contributed by atoms with van der Waals surface area (Å²) in [6.45, 7) is 16.6. The van der Waals surface area contributed by atoms with Crippen molar-refractivity contribution in [3.05, 3.63) is 78.9 Å². The highest BCUT2D eigenvalue weighted by atomic mass is 32.2. The van der Waals surface area contributed by atoms with Crippen molar-refractivity contribution in [2.24, 2.45) is 11.8 Å². The van der Waals surface area contributed by atoms with Crippen LogP contribution >= 0.6 is 11.8 Å². The number of rotatable bonds is 12. The lowest BCUT2D eigenvalue weighted by molar-refractivity contribution is -0.140. The number of fused-ring (bicyclic) bond motifs is 1. The zero-order valence-electron chi connectivity index (χ0n) is 26.1. The van der Waals surface area contributed by atoms with Gasteiger partial charge in [0.15, 0.2) is 0 Å². The van der Waals surface area contributed by atoms with Crippen LogP contribution in [0.15, 0.2) is 67.8 Å². The van der Waals surface area contributed by atoms with E-state index in [9.17, 15) is 19.5 Å². The van der Waals surface area contributed by atoms with E-state index in [1.165, 1.54) is 0 Å². The SMILES string of the molecule is C=CCN(C(=O)[C@@H]1[C@H]2C(=O)N(CCO)C(C(=O)N(CC=C)c3c(C)cccc3C)C23CC[C@@]1(C)S3)c1ccc(OCC)cc1. The molecule has 2 unspecified atom stereocenters. The Morgan fingerprint density at radius 1 is 1.05 bits per heavy atom.